The Morgan fingerprint density at radius 2 is 1.97 bits per heavy atom. The van der Waals surface area contributed by atoms with Crippen LogP contribution in [0.1, 0.15) is 47.9 Å². The number of halogens is 2. The van der Waals surface area contributed by atoms with Gasteiger partial charge in [0, 0.05) is 28.2 Å². The van der Waals surface area contributed by atoms with Crippen molar-refractivity contribution >= 4 is 29.3 Å². The van der Waals surface area contributed by atoms with Gasteiger partial charge in [0.2, 0.25) is 5.91 Å². The molecule has 2 heterocycles. The lowest BCUT2D eigenvalue weighted by atomic mass is 10.1. The number of carbonyl (C=O) groups is 2. The zero-order valence-electron chi connectivity index (χ0n) is 19.3. The fraction of sp³-hybridized carbons (Fsp3) is 0.308. The molecule has 4 rings (SSSR count). The Kier molecular flexibility index (Phi) is 8.07. The summed E-state index contributed by atoms with van der Waals surface area (Å²) in [5.74, 6) is -1.23. The van der Waals surface area contributed by atoms with Crippen molar-refractivity contribution in [3.8, 4) is 5.75 Å². The number of anilines is 1. The van der Waals surface area contributed by atoms with Gasteiger partial charge in [-0.3, -0.25) is 9.59 Å². The van der Waals surface area contributed by atoms with E-state index in [1.54, 1.807) is 30.3 Å². The third-order valence-corrected chi connectivity index (χ3v) is 6.64. The van der Waals surface area contributed by atoms with Crippen molar-refractivity contribution in [2.45, 2.75) is 44.2 Å². The second-order valence-electron chi connectivity index (χ2n) is 8.13. The average Bonchev–Trinajstić information content (AvgIpc) is 3.37. The fourth-order valence-corrected chi connectivity index (χ4v) is 4.69. The number of ether oxygens (including phenoxy) is 1. The second kappa shape index (κ2) is 11.4. The molecule has 2 amide bonds. The number of fused-ring (bicyclic) bond motifs is 1. The Labute approximate surface area is 206 Å². The van der Waals surface area contributed by atoms with Crippen LogP contribution in [0, 0.1) is 11.6 Å². The van der Waals surface area contributed by atoms with E-state index in [0.29, 0.717) is 28.5 Å². The van der Waals surface area contributed by atoms with E-state index in [1.165, 1.54) is 22.9 Å². The first-order chi connectivity index (χ1) is 17.0. The number of thioether (sulfide) groups is 1. The Morgan fingerprint density at radius 1 is 1.17 bits per heavy atom. The largest absolute Gasteiger partial charge is 0.493 e. The molecule has 0 saturated heterocycles. The Morgan fingerprint density at radius 3 is 2.69 bits per heavy atom. The molecule has 2 aromatic carbocycles. The number of amides is 2. The molecule has 9 heteroatoms. The molecule has 0 aliphatic carbocycles. The fourth-order valence-electron chi connectivity index (χ4n) is 3.72. The zero-order chi connectivity index (χ0) is 24.8. The van der Waals surface area contributed by atoms with Crippen LogP contribution < -0.4 is 15.0 Å². The van der Waals surface area contributed by atoms with E-state index in [9.17, 15) is 18.4 Å². The first-order valence-corrected chi connectivity index (χ1v) is 12.4. The summed E-state index contributed by atoms with van der Waals surface area (Å²) in [4.78, 5) is 27.2. The van der Waals surface area contributed by atoms with Gasteiger partial charge in [0.15, 0.2) is 0 Å². The van der Waals surface area contributed by atoms with E-state index in [4.69, 9.17) is 9.15 Å². The Balaban J connectivity index is 1.48. The van der Waals surface area contributed by atoms with Gasteiger partial charge in [0.05, 0.1) is 37.4 Å². The molecular formula is C26H26F2N2O4S. The highest BCUT2D eigenvalue weighted by Crippen LogP contribution is 2.37. The molecular weight excluding hydrogens is 474 g/mol. The summed E-state index contributed by atoms with van der Waals surface area (Å²) in [6, 6.07) is 10.7. The number of nitrogens with one attached hydrogen (secondary N) is 1. The number of unbranched alkanes of at least 4 members (excludes halogenated alkanes) is 2. The van der Waals surface area contributed by atoms with Crippen LogP contribution in [0.3, 0.4) is 0 Å². The van der Waals surface area contributed by atoms with Crippen molar-refractivity contribution in [3.63, 3.8) is 0 Å². The van der Waals surface area contributed by atoms with Crippen molar-refractivity contribution in [2.24, 2.45) is 0 Å². The predicted octanol–water partition coefficient (Wildman–Crippen LogP) is 5.70. The van der Waals surface area contributed by atoms with Crippen LogP contribution in [0.4, 0.5) is 14.5 Å². The van der Waals surface area contributed by atoms with Gasteiger partial charge in [-0.1, -0.05) is 19.8 Å². The summed E-state index contributed by atoms with van der Waals surface area (Å²) in [6.45, 7) is 2.44. The predicted molar refractivity (Wildman–Crippen MR) is 130 cm³/mol. The minimum Gasteiger partial charge on any atom is -0.493 e. The summed E-state index contributed by atoms with van der Waals surface area (Å²) >= 11 is 1.29. The number of benzene rings is 2. The van der Waals surface area contributed by atoms with Crippen molar-refractivity contribution in [1.29, 1.82) is 0 Å². The number of hydrogen-bond donors (Lipinski definition) is 1. The molecule has 0 unspecified atom stereocenters. The maximum absolute atomic E-state index is 14.8. The SMILES string of the molecule is CCCCCOc1cc(F)c(CN2C(=O)CSc3cc(C(=O)NCc4ccco4)ccc32)c(F)c1. The van der Waals surface area contributed by atoms with Gasteiger partial charge in [0.25, 0.3) is 5.91 Å². The highest BCUT2D eigenvalue weighted by molar-refractivity contribution is 8.00. The minimum absolute atomic E-state index is 0.104. The standard InChI is InChI=1S/C26H26F2N2O4S/c1-2-3-4-9-34-19-12-21(27)20(22(28)13-19)15-30-23-8-7-17(11-24(23)35-16-25(30)31)26(32)29-14-18-6-5-10-33-18/h5-8,10-13H,2-4,9,14-16H2,1H3,(H,29,32). The van der Waals surface area contributed by atoms with E-state index in [0.717, 1.165) is 31.4 Å². The minimum atomic E-state index is -0.767. The lowest BCUT2D eigenvalue weighted by molar-refractivity contribution is -0.116. The van der Waals surface area contributed by atoms with Crippen molar-refractivity contribution < 1.29 is 27.5 Å². The van der Waals surface area contributed by atoms with Gasteiger partial charge in [-0.05, 0) is 36.8 Å². The third kappa shape index (κ3) is 6.03. The number of hydrogen-bond acceptors (Lipinski definition) is 5. The van der Waals surface area contributed by atoms with E-state index in [-0.39, 0.29) is 42.0 Å². The maximum atomic E-state index is 14.8. The Hall–Kier alpha value is -3.33. The van der Waals surface area contributed by atoms with Crippen LogP contribution in [0.25, 0.3) is 0 Å². The molecule has 0 bridgehead atoms. The van der Waals surface area contributed by atoms with Gasteiger partial charge in [0.1, 0.15) is 23.1 Å². The highest BCUT2D eigenvalue weighted by atomic mass is 32.2. The molecule has 1 aliphatic rings. The number of carbonyl (C=O) groups excluding carboxylic acids is 2. The summed E-state index contributed by atoms with van der Waals surface area (Å²) < 4.78 is 40.3. The summed E-state index contributed by atoms with van der Waals surface area (Å²) in [6.07, 6.45) is 4.33. The molecule has 0 saturated carbocycles. The van der Waals surface area contributed by atoms with E-state index in [2.05, 4.69) is 12.2 Å². The Bertz CT molecular complexity index is 1180. The van der Waals surface area contributed by atoms with Crippen LogP contribution in [0.2, 0.25) is 0 Å². The molecule has 184 valence electrons. The van der Waals surface area contributed by atoms with Crippen LogP contribution in [0.5, 0.6) is 5.75 Å². The van der Waals surface area contributed by atoms with Gasteiger partial charge in [-0.2, -0.15) is 0 Å². The first-order valence-electron chi connectivity index (χ1n) is 11.4. The lowest BCUT2D eigenvalue weighted by Crippen LogP contribution is -2.35. The quantitative estimate of drug-likeness (QED) is 0.362. The number of nitrogens with zero attached hydrogens (tertiary/aromatic N) is 1. The number of furan rings is 1. The van der Waals surface area contributed by atoms with Gasteiger partial charge < -0.3 is 19.4 Å². The van der Waals surface area contributed by atoms with Gasteiger partial charge in [-0.25, -0.2) is 8.78 Å². The second-order valence-corrected chi connectivity index (χ2v) is 9.15. The van der Waals surface area contributed by atoms with Gasteiger partial charge >= 0.3 is 0 Å². The topological polar surface area (TPSA) is 71.8 Å². The molecule has 1 aliphatic heterocycles. The molecule has 0 radical (unpaired) electrons. The monoisotopic (exact) mass is 500 g/mol. The third-order valence-electron chi connectivity index (χ3n) is 5.62. The smallest absolute Gasteiger partial charge is 0.251 e. The molecule has 0 fully saturated rings. The van der Waals surface area contributed by atoms with E-state index >= 15 is 0 Å². The normalized spacial score (nSPS) is 13.0. The van der Waals surface area contributed by atoms with Gasteiger partial charge in [-0.15, -0.1) is 11.8 Å². The zero-order valence-corrected chi connectivity index (χ0v) is 20.1. The summed E-state index contributed by atoms with van der Waals surface area (Å²) in [5.41, 5.74) is 0.712. The van der Waals surface area contributed by atoms with Crippen molar-refractivity contribution in [3.05, 3.63) is 77.2 Å². The molecule has 1 N–H and O–H groups in total. The average molecular weight is 501 g/mol. The molecule has 6 nitrogen and oxygen atoms in total. The molecule has 0 spiro atoms. The van der Waals surface area contributed by atoms with Crippen LogP contribution >= 0.6 is 11.8 Å². The molecule has 35 heavy (non-hydrogen) atoms. The van der Waals surface area contributed by atoms with Crippen LogP contribution in [-0.2, 0) is 17.9 Å². The summed E-state index contributed by atoms with van der Waals surface area (Å²) in [5, 5.41) is 2.78. The molecule has 1 aromatic heterocycles. The van der Waals surface area contributed by atoms with E-state index in [1.807, 2.05) is 0 Å². The van der Waals surface area contributed by atoms with Crippen molar-refractivity contribution in [2.75, 3.05) is 17.3 Å². The summed E-state index contributed by atoms with van der Waals surface area (Å²) in [7, 11) is 0. The van der Waals surface area contributed by atoms with E-state index < -0.39 is 11.6 Å². The van der Waals surface area contributed by atoms with Crippen molar-refractivity contribution in [1.82, 2.24) is 5.32 Å². The number of rotatable bonds is 10. The molecule has 0 atom stereocenters. The molecule has 3 aromatic rings. The maximum Gasteiger partial charge on any atom is 0.251 e. The lowest BCUT2D eigenvalue weighted by Gasteiger charge is -2.29. The van der Waals surface area contributed by atoms with Crippen LogP contribution in [-0.4, -0.2) is 24.2 Å². The highest BCUT2D eigenvalue weighted by Gasteiger charge is 2.28. The van der Waals surface area contributed by atoms with Crippen LogP contribution in [0.15, 0.2) is 58.0 Å². The first kappa shape index (κ1) is 24.8.